The van der Waals surface area contributed by atoms with Crippen LogP contribution in [0.15, 0.2) is 28.7 Å². The molecule has 0 atom stereocenters. The minimum atomic E-state index is -0.264. The quantitative estimate of drug-likeness (QED) is 0.881. The molecule has 1 fully saturated rings. The molecule has 6 heteroatoms. The molecule has 0 spiro atoms. The van der Waals surface area contributed by atoms with Crippen molar-refractivity contribution in [1.82, 2.24) is 10.2 Å². The van der Waals surface area contributed by atoms with E-state index < -0.39 is 0 Å². The summed E-state index contributed by atoms with van der Waals surface area (Å²) in [5.74, 6) is -0.356. The van der Waals surface area contributed by atoms with Gasteiger partial charge in [0, 0.05) is 30.0 Å². The molecule has 2 rings (SSSR count). The Hall–Kier alpha value is -1.56. The fourth-order valence-electron chi connectivity index (χ4n) is 2.26. The van der Waals surface area contributed by atoms with E-state index in [0.717, 1.165) is 10.0 Å². The molecule has 0 saturated carbocycles. The smallest absolute Gasteiger partial charge is 0.317 e. The third-order valence-corrected chi connectivity index (χ3v) is 4.07. The average molecular weight is 340 g/mol. The second kappa shape index (κ2) is 6.74. The Kier molecular flexibility index (Phi) is 5.00. The number of piperidine rings is 1. The fraction of sp³-hybridized carbons (Fsp3) is 0.429. The van der Waals surface area contributed by atoms with E-state index in [-0.39, 0.29) is 17.9 Å². The van der Waals surface area contributed by atoms with Gasteiger partial charge >= 0.3 is 6.03 Å². The number of hydrogen-bond donors (Lipinski definition) is 2. The largest absolute Gasteiger partial charge is 0.369 e. The van der Waals surface area contributed by atoms with E-state index in [1.807, 2.05) is 24.3 Å². The molecule has 1 saturated heterocycles. The lowest BCUT2D eigenvalue weighted by Gasteiger charge is -2.30. The number of nitrogens with one attached hydrogen (secondary N) is 1. The standard InChI is InChI=1S/C14H18BrN3O2/c15-12-3-1-10(2-4-12)9-17-14(20)18-7-5-11(6-8-18)13(16)19/h1-4,11H,5-9H2,(H2,16,19)(H,17,20). The van der Waals surface area contributed by atoms with Crippen molar-refractivity contribution in [3.05, 3.63) is 34.3 Å². The Morgan fingerprint density at radius 2 is 1.85 bits per heavy atom. The maximum Gasteiger partial charge on any atom is 0.317 e. The summed E-state index contributed by atoms with van der Waals surface area (Å²) in [6.45, 7) is 1.67. The minimum Gasteiger partial charge on any atom is -0.369 e. The number of primary amides is 1. The molecule has 1 aliphatic heterocycles. The molecule has 0 unspecified atom stereocenters. The maximum absolute atomic E-state index is 12.0. The summed E-state index contributed by atoms with van der Waals surface area (Å²) < 4.78 is 1.01. The van der Waals surface area contributed by atoms with Crippen molar-refractivity contribution >= 4 is 27.9 Å². The van der Waals surface area contributed by atoms with Gasteiger partial charge in [-0.2, -0.15) is 0 Å². The van der Waals surface area contributed by atoms with Crippen LogP contribution in [0.2, 0.25) is 0 Å². The molecule has 1 heterocycles. The normalized spacial score (nSPS) is 15.9. The summed E-state index contributed by atoms with van der Waals surface area (Å²) in [7, 11) is 0. The van der Waals surface area contributed by atoms with Gasteiger partial charge in [-0.25, -0.2) is 4.79 Å². The number of hydrogen-bond acceptors (Lipinski definition) is 2. The third-order valence-electron chi connectivity index (χ3n) is 3.54. The predicted molar refractivity (Wildman–Crippen MR) is 79.9 cm³/mol. The lowest BCUT2D eigenvalue weighted by Crippen LogP contribution is -2.46. The second-order valence-corrected chi connectivity index (χ2v) is 5.86. The van der Waals surface area contributed by atoms with E-state index >= 15 is 0 Å². The first kappa shape index (κ1) is 14.8. The van der Waals surface area contributed by atoms with Crippen molar-refractivity contribution in [2.24, 2.45) is 11.7 Å². The van der Waals surface area contributed by atoms with Crippen LogP contribution >= 0.6 is 15.9 Å². The van der Waals surface area contributed by atoms with Gasteiger partial charge < -0.3 is 16.0 Å². The van der Waals surface area contributed by atoms with E-state index in [4.69, 9.17) is 5.73 Å². The average Bonchev–Trinajstić information content (AvgIpc) is 2.46. The molecule has 20 heavy (non-hydrogen) atoms. The Morgan fingerprint density at radius 3 is 2.40 bits per heavy atom. The van der Waals surface area contributed by atoms with Gasteiger partial charge in [0.1, 0.15) is 0 Å². The highest BCUT2D eigenvalue weighted by Gasteiger charge is 2.25. The van der Waals surface area contributed by atoms with Crippen LogP contribution in [-0.2, 0) is 11.3 Å². The molecule has 1 aromatic rings. The van der Waals surface area contributed by atoms with Gasteiger partial charge in [-0.3, -0.25) is 4.79 Å². The van der Waals surface area contributed by atoms with Crippen LogP contribution in [0, 0.1) is 5.92 Å². The highest BCUT2D eigenvalue weighted by molar-refractivity contribution is 9.10. The van der Waals surface area contributed by atoms with Crippen molar-refractivity contribution in [3.63, 3.8) is 0 Å². The first-order valence-corrected chi connectivity index (χ1v) is 7.42. The summed E-state index contributed by atoms with van der Waals surface area (Å²) in [5, 5.41) is 2.89. The number of amides is 3. The van der Waals surface area contributed by atoms with Crippen LogP contribution in [0.3, 0.4) is 0 Å². The molecule has 3 N–H and O–H groups in total. The number of rotatable bonds is 3. The molecule has 1 aromatic carbocycles. The number of carbonyl (C=O) groups is 2. The van der Waals surface area contributed by atoms with Gasteiger partial charge in [0.05, 0.1) is 0 Å². The molecular weight excluding hydrogens is 322 g/mol. The molecule has 0 bridgehead atoms. The number of benzene rings is 1. The molecule has 0 aliphatic carbocycles. The number of likely N-dealkylation sites (tertiary alicyclic amines) is 1. The zero-order valence-corrected chi connectivity index (χ0v) is 12.7. The first-order chi connectivity index (χ1) is 9.56. The van der Waals surface area contributed by atoms with Gasteiger partial charge in [0.2, 0.25) is 5.91 Å². The third kappa shape index (κ3) is 3.96. The van der Waals surface area contributed by atoms with Crippen LogP contribution in [0.5, 0.6) is 0 Å². The van der Waals surface area contributed by atoms with Crippen molar-refractivity contribution in [3.8, 4) is 0 Å². The Bertz CT molecular complexity index is 482. The van der Waals surface area contributed by atoms with Crippen LogP contribution in [-0.4, -0.2) is 29.9 Å². The van der Waals surface area contributed by atoms with E-state index in [2.05, 4.69) is 21.2 Å². The highest BCUT2D eigenvalue weighted by atomic mass is 79.9. The van der Waals surface area contributed by atoms with E-state index in [1.54, 1.807) is 4.90 Å². The molecule has 1 aliphatic rings. The highest BCUT2D eigenvalue weighted by Crippen LogP contribution is 2.16. The summed E-state index contributed by atoms with van der Waals surface area (Å²) in [5.41, 5.74) is 6.32. The molecule has 3 amide bonds. The number of nitrogens with two attached hydrogens (primary N) is 1. The number of halogens is 1. The lowest BCUT2D eigenvalue weighted by molar-refractivity contribution is -0.123. The fourth-order valence-corrected chi connectivity index (χ4v) is 2.52. The summed E-state index contributed by atoms with van der Waals surface area (Å²) in [4.78, 5) is 24.8. The summed E-state index contributed by atoms with van der Waals surface area (Å²) in [6, 6.07) is 7.73. The van der Waals surface area contributed by atoms with E-state index in [9.17, 15) is 9.59 Å². The van der Waals surface area contributed by atoms with Crippen molar-refractivity contribution in [1.29, 1.82) is 0 Å². The number of urea groups is 1. The second-order valence-electron chi connectivity index (χ2n) is 4.95. The number of carbonyl (C=O) groups excluding carboxylic acids is 2. The Balaban J connectivity index is 1.78. The Labute approximate surface area is 126 Å². The lowest BCUT2D eigenvalue weighted by atomic mass is 9.96. The van der Waals surface area contributed by atoms with Gasteiger partial charge in [-0.05, 0) is 30.5 Å². The van der Waals surface area contributed by atoms with Crippen molar-refractivity contribution in [2.45, 2.75) is 19.4 Å². The van der Waals surface area contributed by atoms with Crippen molar-refractivity contribution in [2.75, 3.05) is 13.1 Å². The van der Waals surface area contributed by atoms with Gasteiger partial charge in [0.25, 0.3) is 0 Å². The monoisotopic (exact) mass is 339 g/mol. The molecule has 0 radical (unpaired) electrons. The zero-order valence-electron chi connectivity index (χ0n) is 11.1. The summed E-state index contributed by atoms with van der Waals surface area (Å²) in [6.07, 6.45) is 1.31. The van der Waals surface area contributed by atoms with Gasteiger partial charge in [-0.1, -0.05) is 28.1 Å². The van der Waals surface area contributed by atoms with E-state index in [0.29, 0.717) is 32.5 Å². The SMILES string of the molecule is NC(=O)C1CCN(C(=O)NCc2ccc(Br)cc2)CC1. The predicted octanol–water partition coefficient (Wildman–Crippen LogP) is 1.86. The zero-order chi connectivity index (χ0) is 14.5. The van der Waals surface area contributed by atoms with Gasteiger partial charge in [0.15, 0.2) is 0 Å². The molecule has 108 valence electrons. The van der Waals surface area contributed by atoms with Gasteiger partial charge in [-0.15, -0.1) is 0 Å². The topological polar surface area (TPSA) is 75.4 Å². The van der Waals surface area contributed by atoms with Crippen molar-refractivity contribution < 1.29 is 9.59 Å². The first-order valence-electron chi connectivity index (χ1n) is 6.63. The van der Waals surface area contributed by atoms with Crippen LogP contribution in [0.25, 0.3) is 0 Å². The van der Waals surface area contributed by atoms with Crippen LogP contribution in [0.1, 0.15) is 18.4 Å². The summed E-state index contributed by atoms with van der Waals surface area (Å²) >= 11 is 3.37. The molecule has 5 nitrogen and oxygen atoms in total. The van der Waals surface area contributed by atoms with Crippen LogP contribution in [0.4, 0.5) is 4.79 Å². The molecular formula is C14H18BrN3O2. The van der Waals surface area contributed by atoms with Crippen LogP contribution < -0.4 is 11.1 Å². The minimum absolute atomic E-state index is 0.0872. The Morgan fingerprint density at radius 1 is 1.25 bits per heavy atom. The maximum atomic E-state index is 12.0. The van der Waals surface area contributed by atoms with E-state index in [1.165, 1.54) is 0 Å². The molecule has 0 aromatic heterocycles. The number of nitrogens with zero attached hydrogens (tertiary/aromatic N) is 1.